The Labute approximate surface area is 369 Å². The van der Waals surface area contributed by atoms with Gasteiger partial charge in [-0.15, -0.1) is 0 Å². The molecule has 338 valence electrons. The summed E-state index contributed by atoms with van der Waals surface area (Å²) in [5.74, 6) is 0.419. The zero-order valence-electron chi connectivity index (χ0n) is 37.8. The molecule has 5 aliphatic heterocycles. The van der Waals surface area contributed by atoms with Gasteiger partial charge in [0, 0.05) is 35.3 Å². The van der Waals surface area contributed by atoms with Crippen LogP contribution in [0.25, 0.3) is 5.57 Å². The van der Waals surface area contributed by atoms with Crippen molar-refractivity contribution in [1.82, 2.24) is 9.80 Å². The number of hydrogen-bond acceptors (Lipinski definition) is 12. The van der Waals surface area contributed by atoms with Gasteiger partial charge in [-0.3, -0.25) is 30.0 Å². The van der Waals surface area contributed by atoms with Gasteiger partial charge < -0.3 is 28.3 Å². The molecule has 62 heavy (non-hydrogen) atoms. The van der Waals surface area contributed by atoms with Crippen LogP contribution < -0.4 is 9.47 Å². The first-order valence-corrected chi connectivity index (χ1v) is 21.2. The van der Waals surface area contributed by atoms with Crippen molar-refractivity contribution in [3.63, 3.8) is 0 Å². The van der Waals surface area contributed by atoms with E-state index < -0.39 is 21.0 Å². The molecule has 0 saturated carbocycles. The molecular weight excluding hydrogens is 823 g/mol. The molecule has 0 aliphatic carbocycles. The quantitative estimate of drug-likeness (QED) is 0.152. The van der Waals surface area contributed by atoms with Crippen molar-refractivity contribution in [3.8, 4) is 11.5 Å². The van der Waals surface area contributed by atoms with Gasteiger partial charge in [-0.1, -0.05) is 23.8 Å². The number of ether oxygens (including phenoxy) is 4. The number of fused-ring (bicyclic) bond motifs is 4. The van der Waals surface area contributed by atoms with Gasteiger partial charge in [0.15, 0.2) is 11.5 Å². The van der Waals surface area contributed by atoms with Crippen molar-refractivity contribution in [2.45, 2.75) is 154 Å². The van der Waals surface area contributed by atoms with Gasteiger partial charge in [-0.25, -0.2) is 9.59 Å². The van der Waals surface area contributed by atoms with Crippen molar-refractivity contribution < 1.29 is 47.7 Å². The number of nitro benzene ring substituents is 2. The zero-order chi connectivity index (χ0) is 46.1. The molecule has 16 nitrogen and oxygen atoms in total. The number of nitrogens with zero attached hydrogens (tertiary/aromatic N) is 4. The van der Waals surface area contributed by atoms with E-state index in [2.05, 4.69) is 39.8 Å². The monoisotopic (exact) mass is 882 g/mol. The third-order valence-electron chi connectivity index (χ3n) is 11.7. The molecule has 4 bridgehead atoms. The van der Waals surface area contributed by atoms with Gasteiger partial charge in [0.05, 0.1) is 47.4 Å². The van der Waals surface area contributed by atoms with E-state index in [-0.39, 0.29) is 77.5 Å². The summed E-state index contributed by atoms with van der Waals surface area (Å²) >= 11 is 5.60. The first-order chi connectivity index (χ1) is 28.7. The van der Waals surface area contributed by atoms with Crippen molar-refractivity contribution in [1.29, 1.82) is 0 Å². The minimum absolute atomic E-state index is 0.000197. The Hall–Kier alpha value is -4.87. The molecule has 0 spiro atoms. The van der Waals surface area contributed by atoms with Crippen LogP contribution in [0.15, 0.2) is 54.0 Å². The fourth-order valence-corrected chi connectivity index (χ4v) is 8.27. The molecule has 7 rings (SSSR count). The highest BCUT2D eigenvalue weighted by Gasteiger charge is 2.54. The van der Waals surface area contributed by atoms with Crippen molar-refractivity contribution in [2.24, 2.45) is 0 Å². The van der Waals surface area contributed by atoms with E-state index in [0.717, 1.165) is 43.2 Å². The second-order valence-electron chi connectivity index (χ2n) is 19.0. The van der Waals surface area contributed by atoms with E-state index in [1.165, 1.54) is 44.0 Å². The van der Waals surface area contributed by atoms with Gasteiger partial charge in [0.1, 0.15) is 11.2 Å². The minimum Gasteiger partial charge on any atom is -0.490 e. The molecular formula is C44H60BClN4O12. The highest BCUT2D eigenvalue weighted by molar-refractivity contribution is 6.54. The normalized spacial score (nSPS) is 23.1. The third kappa shape index (κ3) is 11.2. The first kappa shape index (κ1) is 48.2. The van der Waals surface area contributed by atoms with Crippen LogP contribution in [0.2, 0.25) is 5.02 Å². The van der Waals surface area contributed by atoms with Crippen LogP contribution >= 0.6 is 11.6 Å². The van der Waals surface area contributed by atoms with Crippen LogP contribution in [0.3, 0.4) is 0 Å². The summed E-state index contributed by atoms with van der Waals surface area (Å²) in [6.07, 6.45) is 9.06. The molecule has 0 aromatic heterocycles. The fraction of sp³-hybridized carbons (Fsp3) is 0.591. The summed E-state index contributed by atoms with van der Waals surface area (Å²) in [6.45, 7) is 19.6. The summed E-state index contributed by atoms with van der Waals surface area (Å²) in [7, 11) is 2.48. The molecule has 18 heteroatoms. The molecule has 3 fully saturated rings. The highest BCUT2D eigenvalue weighted by atomic mass is 35.5. The molecule has 5 heterocycles. The van der Waals surface area contributed by atoms with Crippen LogP contribution in [0, 0.1) is 20.2 Å². The number of rotatable bonds is 6. The number of carbonyl (C=O) groups is 2. The molecule has 2 aromatic rings. The molecule has 4 unspecified atom stereocenters. The Kier molecular flexibility index (Phi) is 14.3. The number of halogens is 1. The maximum atomic E-state index is 12.5. The SMILES string of the molecule is CC(C)(C)OC(=O)N1C2C=C(B3OC(C)(C)C(C)(C)O3)CC1CC2.COc1cc(C2=CC3CCC(C2)N3C(=O)OC(C)(C)C)ccc1[N+](=O)[O-].COc1cc(Cl)ccc1[N+](=O)[O-]. The molecule has 2 amide bonds. The summed E-state index contributed by atoms with van der Waals surface area (Å²) in [5, 5.41) is 21.9. The van der Waals surface area contributed by atoms with Crippen LogP contribution in [-0.2, 0) is 18.8 Å². The Balaban J connectivity index is 0.000000187. The molecule has 3 saturated heterocycles. The number of amides is 2. The van der Waals surface area contributed by atoms with Crippen molar-refractivity contribution in [2.75, 3.05) is 14.2 Å². The summed E-state index contributed by atoms with van der Waals surface area (Å²) < 4.78 is 33.4. The molecule has 2 aromatic carbocycles. The minimum atomic E-state index is -0.522. The van der Waals surface area contributed by atoms with Crippen LogP contribution in [-0.4, -0.2) is 99.7 Å². The van der Waals surface area contributed by atoms with E-state index in [4.69, 9.17) is 39.9 Å². The standard InChI is InChI=1S/C19H24N2O5.C18H30BNO4.C7H6ClNO3/c1-19(2,3)26-18(22)20-14-6-7-15(20)10-13(9-14)12-5-8-16(21(23)24)17(11-12)25-4;1-16(2,3)22-15(21)20-13-8-9-14(20)11-12(10-13)19-23-17(4,5)18(6,7)24-19;1-12-7-4-5(8)2-3-6(7)9(10)11/h5,8-9,11,14-15H,6-7,10H2,1-4H3;10,13-14H,8-9,11H2,1-7H3;2-4H,1H3. The Bertz CT molecular complexity index is 2080. The van der Waals surface area contributed by atoms with E-state index >= 15 is 0 Å². The molecule has 0 radical (unpaired) electrons. The van der Waals surface area contributed by atoms with Crippen LogP contribution in [0.5, 0.6) is 11.5 Å². The average molecular weight is 883 g/mol. The Morgan fingerprint density at radius 1 is 0.726 bits per heavy atom. The summed E-state index contributed by atoms with van der Waals surface area (Å²) in [4.78, 5) is 49.2. The molecule has 0 N–H and O–H groups in total. The van der Waals surface area contributed by atoms with Crippen LogP contribution in [0.4, 0.5) is 21.0 Å². The van der Waals surface area contributed by atoms with E-state index in [1.807, 2.05) is 51.3 Å². The lowest BCUT2D eigenvalue weighted by molar-refractivity contribution is -0.385. The van der Waals surface area contributed by atoms with Gasteiger partial charge >= 0.3 is 30.7 Å². The highest BCUT2D eigenvalue weighted by Crippen LogP contribution is 2.44. The third-order valence-corrected chi connectivity index (χ3v) is 11.9. The number of nitro groups is 2. The van der Waals surface area contributed by atoms with Gasteiger partial charge in [0.2, 0.25) is 0 Å². The van der Waals surface area contributed by atoms with Gasteiger partial charge in [-0.05, 0) is 143 Å². The van der Waals surface area contributed by atoms with Crippen LogP contribution in [0.1, 0.15) is 113 Å². The van der Waals surface area contributed by atoms with E-state index in [1.54, 1.807) is 12.1 Å². The zero-order valence-corrected chi connectivity index (χ0v) is 38.6. The predicted molar refractivity (Wildman–Crippen MR) is 235 cm³/mol. The summed E-state index contributed by atoms with van der Waals surface area (Å²) in [5.41, 5.74) is 1.37. The van der Waals surface area contributed by atoms with Crippen molar-refractivity contribution >= 4 is 47.9 Å². The maximum absolute atomic E-state index is 12.5. The lowest BCUT2D eigenvalue weighted by atomic mass is 9.73. The maximum Gasteiger partial charge on any atom is 0.490 e. The lowest BCUT2D eigenvalue weighted by Crippen LogP contribution is -2.47. The van der Waals surface area contributed by atoms with E-state index in [9.17, 15) is 29.8 Å². The first-order valence-electron chi connectivity index (χ1n) is 20.8. The lowest BCUT2D eigenvalue weighted by Gasteiger charge is -2.35. The second kappa shape index (κ2) is 18.5. The Morgan fingerprint density at radius 2 is 1.18 bits per heavy atom. The van der Waals surface area contributed by atoms with Gasteiger partial charge in [-0.2, -0.15) is 0 Å². The summed E-state index contributed by atoms with van der Waals surface area (Å²) in [6, 6.07) is 9.44. The predicted octanol–water partition coefficient (Wildman–Crippen LogP) is 10.1. The van der Waals surface area contributed by atoms with Crippen molar-refractivity contribution in [3.05, 3.63) is 84.8 Å². The number of carbonyl (C=O) groups excluding carboxylic acids is 2. The Morgan fingerprint density at radius 3 is 1.61 bits per heavy atom. The molecule has 4 atom stereocenters. The second-order valence-corrected chi connectivity index (χ2v) is 19.5. The van der Waals surface area contributed by atoms with Gasteiger partial charge in [0.25, 0.3) is 0 Å². The topological polar surface area (TPSA) is 182 Å². The number of benzene rings is 2. The average Bonchev–Trinajstić information content (AvgIpc) is 3.69. The number of hydrogen-bond donors (Lipinski definition) is 0. The number of methoxy groups -OCH3 is 2. The molecule has 5 aliphatic rings. The fourth-order valence-electron chi connectivity index (χ4n) is 8.11. The largest absolute Gasteiger partial charge is 0.490 e. The van der Waals surface area contributed by atoms with E-state index in [0.29, 0.717) is 11.4 Å². The smallest absolute Gasteiger partial charge is 0.490 e.